The van der Waals surface area contributed by atoms with E-state index < -0.39 is 16.0 Å². The molecule has 0 atom stereocenters. The highest BCUT2D eigenvalue weighted by Crippen LogP contribution is 2.25. The lowest BCUT2D eigenvalue weighted by atomic mass is 10.3. The van der Waals surface area contributed by atoms with Gasteiger partial charge in [-0.15, -0.1) is 22.7 Å². The molecule has 0 radical (unpaired) electrons. The lowest BCUT2D eigenvalue weighted by molar-refractivity contribution is 0.0703. The van der Waals surface area contributed by atoms with Gasteiger partial charge in [-0.3, -0.25) is 4.72 Å². The molecule has 2 aromatic heterocycles. The van der Waals surface area contributed by atoms with Gasteiger partial charge in [-0.05, 0) is 48.7 Å². The van der Waals surface area contributed by atoms with E-state index in [4.69, 9.17) is 10.8 Å². The van der Waals surface area contributed by atoms with E-state index in [0.717, 1.165) is 27.5 Å². The third-order valence-electron chi connectivity index (χ3n) is 3.68. The number of rotatable bonds is 4. The van der Waals surface area contributed by atoms with E-state index in [1.54, 1.807) is 29.5 Å². The van der Waals surface area contributed by atoms with Crippen molar-refractivity contribution < 1.29 is 18.3 Å². The number of anilines is 2. The summed E-state index contributed by atoms with van der Waals surface area (Å²) in [5.74, 6) is -1.16. The van der Waals surface area contributed by atoms with E-state index in [0.29, 0.717) is 0 Å². The molecule has 4 aromatic rings. The number of hydrogen-bond donors (Lipinski definition) is 3. The maximum absolute atomic E-state index is 12.0. The molecule has 7 nitrogen and oxygen atoms in total. The predicted molar refractivity (Wildman–Crippen MR) is 117 cm³/mol. The highest BCUT2D eigenvalue weighted by Gasteiger charge is 2.19. The molecule has 0 saturated heterocycles. The van der Waals surface area contributed by atoms with Crippen LogP contribution in [-0.4, -0.2) is 24.5 Å². The predicted octanol–water partition coefficient (Wildman–Crippen LogP) is 4.43. The number of thiophene rings is 1. The molecule has 2 heterocycles. The number of benzene rings is 2. The summed E-state index contributed by atoms with van der Waals surface area (Å²) in [6, 6.07) is 15.0. The van der Waals surface area contributed by atoms with E-state index in [-0.39, 0.29) is 15.5 Å². The van der Waals surface area contributed by atoms with Crippen molar-refractivity contribution in [2.75, 3.05) is 10.5 Å². The van der Waals surface area contributed by atoms with Crippen LogP contribution < -0.4 is 10.5 Å². The normalized spacial score (nSPS) is 10.9. The molecule has 0 unspecified atom stereocenters. The van der Waals surface area contributed by atoms with Crippen molar-refractivity contribution in [3.8, 4) is 0 Å². The number of carboxylic acids is 1. The lowest BCUT2D eigenvalue weighted by Gasteiger charge is -2.07. The number of aromatic nitrogens is 1. The van der Waals surface area contributed by atoms with Crippen molar-refractivity contribution in [2.45, 2.75) is 11.8 Å². The van der Waals surface area contributed by atoms with Gasteiger partial charge in [-0.2, -0.15) is 0 Å². The van der Waals surface area contributed by atoms with Gasteiger partial charge in [0.05, 0.1) is 25.8 Å². The molecule has 10 heteroatoms. The summed E-state index contributed by atoms with van der Waals surface area (Å²) in [7, 11) is -3.75. The molecule has 0 amide bonds. The number of carboxylic acid groups (broad SMARTS) is 1. The number of carbonyl (C=O) groups is 1. The van der Waals surface area contributed by atoms with Crippen LogP contribution in [0.1, 0.15) is 14.7 Å². The summed E-state index contributed by atoms with van der Waals surface area (Å²) in [6.45, 7) is 2.00. The minimum atomic E-state index is -3.75. The number of aromatic carboxylic acids is 1. The fourth-order valence-corrected chi connectivity index (χ4v) is 5.14. The van der Waals surface area contributed by atoms with Gasteiger partial charge in [0.25, 0.3) is 10.0 Å². The summed E-state index contributed by atoms with van der Waals surface area (Å²) in [6.07, 6.45) is 0. The highest BCUT2D eigenvalue weighted by molar-refractivity contribution is 7.92. The SMILES string of the molecule is Cc1nc2ccc(N)cc2s1.O=C(O)c1sccc1NS(=O)(=O)c1ccccc1. The second kappa shape index (κ2) is 8.60. The number of sulfonamides is 1. The summed E-state index contributed by atoms with van der Waals surface area (Å²) in [5, 5.41) is 11.5. The Morgan fingerprint density at radius 1 is 1.14 bits per heavy atom. The monoisotopic (exact) mass is 447 g/mol. The smallest absolute Gasteiger partial charge is 0.348 e. The molecule has 4 rings (SSSR count). The zero-order valence-corrected chi connectivity index (χ0v) is 17.6. The maximum atomic E-state index is 12.0. The zero-order chi connectivity index (χ0) is 21.0. The zero-order valence-electron chi connectivity index (χ0n) is 15.2. The standard InChI is InChI=1S/C11H9NO4S2.C8H8N2S/c13-11(14)10-9(6-7-17-10)12-18(15,16)8-4-2-1-3-5-8;1-5-10-7-3-2-6(9)4-8(7)11-5/h1-7,12H,(H,13,14);2-4H,9H2,1H3. The van der Waals surface area contributed by atoms with Gasteiger partial charge in [0.15, 0.2) is 0 Å². The van der Waals surface area contributed by atoms with Crippen molar-refractivity contribution in [1.29, 1.82) is 0 Å². The average molecular weight is 448 g/mol. The molecule has 0 saturated carbocycles. The number of nitrogen functional groups attached to an aromatic ring is 1. The first kappa shape index (κ1) is 20.8. The Morgan fingerprint density at radius 2 is 1.86 bits per heavy atom. The molecule has 0 fully saturated rings. The first-order chi connectivity index (χ1) is 13.8. The quantitative estimate of drug-likeness (QED) is 0.398. The molecule has 150 valence electrons. The topological polar surface area (TPSA) is 122 Å². The number of thiazole rings is 1. The van der Waals surface area contributed by atoms with Crippen molar-refractivity contribution in [2.24, 2.45) is 0 Å². The van der Waals surface area contributed by atoms with Crippen LogP contribution in [0.5, 0.6) is 0 Å². The molecule has 0 spiro atoms. The Kier molecular flexibility index (Phi) is 6.16. The first-order valence-electron chi connectivity index (χ1n) is 8.27. The maximum Gasteiger partial charge on any atom is 0.348 e. The van der Waals surface area contributed by atoms with Gasteiger partial charge in [0.2, 0.25) is 0 Å². The van der Waals surface area contributed by atoms with Gasteiger partial charge >= 0.3 is 5.97 Å². The Morgan fingerprint density at radius 3 is 2.55 bits per heavy atom. The van der Waals surface area contributed by atoms with E-state index in [9.17, 15) is 13.2 Å². The second-order valence-corrected chi connectivity index (χ2v) is 9.68. The Bertz CT molecular complexity index is 1250. The molecule has 0 aliphatic carbocycles. The number of aryl methyl sites for hydroxylation is 1. The van der Waals surface area contributed by atoms with Crippen molar-refractivity contribution in [3.05, 3.63) is 69.9 Å². The fourth-order valence-electron chi connectivity index (χ4n) is 2.41. The lowest BCUT2D eigenvalue weighted by Crippen LogP contribution is -2.14. The molecule has 29 heavy (non-hydrogen) atoms. The van der Waals surface area contributed by atoms with Gasteiger partial charge < -0.3 is 10.8 Å². The number of nitrogens with one attached hydrogen (secondary N) is 1. The van der Waals surface area contributed by atoms with Crippen LogP contribution in [-0.2, 0) is 10.0 Å². The third-order valence-corrected chi connectivity index (χ3v) is 6.89. The van der Waals surface area contributed by atoms with Crippen LogP contribution in [0.3, 0.4) is 0 Å². The summed E-state index contributed by atoms with van der Waals surface area (Å²) in [5.41, 5.74) is 7.54. The summed E-state index contributed by atoms with van der Waals surface area (Å²) < 4.78 is 27.4. The van der Waals surface area contributed by atoms with Crippen molar-refractivity contribution in [3.63, 3.8) is 0 Å². The van der Waals surface area contributed by atoms with Gasteiger partial charge in [0.1, 0.15) is 4.88 Å². The van der Waals surface area contributed by atoms with Crippen molar-refractivity contribution in [1.82, 2.24) is 4.98 Å². The minimum absolute atomic E-state index is 0.0329. The van der Waals surface area contributed by atoms with Crippen LogP contribution in [0, 0.1) is 6.92 Å². The molecule has 4 N–H and O–H groups in total. The summed E-state index contributed by atoms with van der Waals surface area (Å²) in [4.78, 5) is 15.3. The second-order valence-electron chi connectivity index (χ2n) is 5.85. The molecule has 2 aromatic carbocycles. The third kappa shape index (κ3) is 5.11. The number of fused-ring (bicyclic) bond motifs is 1. The van der Waals surface area contributed by atoms with Crippen LogP contribution in [0.15, 0.2) is 64.9 Å². The van der Waals surface area contributed by atoms with Crippen LogP contribution in [0.4, 0.5) is 11.4 Å². The van der Waals surface area contributed by atoms with Crippen molar-refractivity contribution >= 4 is 60.3 Å². The van der Waals surface area contributed by atoms with Crippen LogP contribution in [0.2, 0.25) is 0 Å². The Labute approximate surface area is 175 Å². The summed E-state index contributed by atoms with van der Waals surface area (Å²) >= 11 is 2.64. The molecule has 0 aliphatic heterocycles. The molecular formula is C19H17N3O4S3. The van der Waals surface area contributed by atoms with E-state index in [1.807, 2.05) is 25.1 Å². The largest absolute Gasteiger partial charge is 0.477 e. The van der Waals surface area contributed by atoms with E-state index in [1.165, 1.54) is 28.3 Å². The molecule has 0 bridgehead atoms. The van der Waals surface area contributed by atoms with Crippen LogP contribution >= 0.6 is 22.7 Å². The van der Waals surface area contributed by atoms with Crippen LogP contribution in [0.25, 0.3) is 10.2 Å². The number of nitrogens with two attached hydrogens (primary N) is 1. The average Bonchev–Trinajstić information content (AvgIpc) is 3.27. The molecule has 0 aliphatic rings. The Hall–Kier alpha value is -2.95. The van der Waals surface area contributed by atoms with Gasteiger partial charge in [-0.1, -0.05) is 18.2 Å². The number of hydrogen-bond acceptors (Lipinski definition) is 7. The van der Waals surface area contributed by atoms with Gasteiger partial charge in [0, 0.05) is 5.69 Å². The number of nitrogens with zero attached hydrogens (tertiary/aromatic N) is 1. The van der Waals surface area contributed by atoms with Gasteiger partial charge in [-0.25, -0.2) is 18.2 Å². The Balaban J connectivity index is 0.000000186. The fraction of sp³-hybridized carbons (Fsp3) is 0.0526. The molecular weight excluding hydrogens is 430 g/mol. The first-order valence-corrected chi connectivity index (χ1v) is 11.5. The van der Waals surface area contributed by atoms with E-state index >= 15 is 0 Å². The highest BCUT2D eigenvalue weighted by atomic mass is 32.2. The minimum Gasteiger partial charge on any atom is -0.477 e. The van der Waals surface area contributed by atoms with E-state index in [2.05, 4.69) is 9.71 Å².